The number of benzene rings is 1. The Kier molecular flexibility index (Phi) is 3.21. The van der Waals surface area contributed by atoms with Crippen molar-refractivity contribution in [3.63, 3.8) is 0 Å². The fraction of sp³-hybridized carbons (Fsp3) is 0.267. The second-order valence-electron chi connectivity index (χ2n) is 5.18. The van der Waals surface area contributed by atoms with E-state index in [2.05, 4.69) is 10.5 Å². The molecule has 0 bridgehead atoms. The number of aromatic carboxylic acids is 1. The number of anilines is 1. The number of aromatic nitrogens is 1. The van der Waals surface area contributed by atoms with E-state index in [1.54, 1.807) is 25.1 Å². The van der Waals surface area contributed by atoms with Gasteiger partial charge in [0.25, 0.3) is 5.91 Å². The van der Waals surface area contributed by atoms with Crippen molar-refractivity contribution in [2.45, 2.75) is 25.7 Å². The normalized spacial score (nSPS) is 14.0. The Morgan fingerprint density at radius 2 is 2.10 bits per heavy atom. The fourth-order valence-electron chi connectivity index (χ4n) is 2.09. The molecule has 0 unspecified atom stereocenters. The molecule has 1 aliphatic rings. The summed E-state index contributed by atoms with van der Waals surface area (Å²) in [4.78, 5) is 23.1. The number of hydrogen-bond acceptors (Lipinski definition) is 4. The molecule has 2 N–H and O–H groups in total. The summed E-state index contributed by atoms with van der Waals surface area (Å²) in [6.07, 6.45) is 2.15. The number of aryl methyl sites for hydroxylation is 1. The Hall–Kier alpha value is -2.63. The topological polar surface area (TPSA) is 92.4 Å². The van der Waals surface area contributed by atoms with Gasteiger partial charge in [-0.2, -0.15) is 0 Å². The molecule has 0 saturated heterocycles. The van der Waals surface area contributed by atoms with Crippen LogP contribution in [0.1, 0.15) is 50.9 Å². The van der Waals surface area contributed by atoms with E-state index in [0.29, 0.717) is 17.2 Å². The lowest BCUT2D eigenvalue weighted by molar-refractivity contribution is 0.0695. The van der Waals surface area contributed by atoms with Gasteiger partial charge in [-0.15, -0.1) is 0 Å². The van der Waals surface area contributed by atoms with Crippen LogP contribution in [-0.2, 0) is 0 Å². The van der Waals surface area contributed by atoms with Crippen LogP contribution in [0, 0.1) is 6.92 Å². The summed E-state index contributed by atoms with van der Waals surface area (Å²) < 4.78 is 5.02. The summed E-state index contributed by atoms with van der Waals surface area (Å²) in [6.45, 7) is 1.70. The predicted octanol–water partition coefficient (Wildman–Crippen LogP) is 2.81. The smallest absolute Gasteiger partial charge is 0.336 e. The SMILES string of the molecule is Cc1ccc(NC(=O)c2cc(C3CC3)no2)cc1C(=O)O. The number of rotatable bonds is 4. The highest BCUT2D eigenvalue weighted by Crippen LogP contribution is 2.39. The van der Waals surface area contributed by atoms with Gasteiger partial charge >= 0.3 is 5.97 Å². The van der Waals surface area contributed by atoms with E-state index >= 15 is 0 Å². The predicted molar refractivity (Wildman–Crippen MR) is 74.6 cm³/mol. The summed E-state index contributed by atoms with van der Waals surface area (Å²) in [5, 5.41) is 15.6. The molecule has 1 aromatic heterocycles. The zero-order valence-corrected chi connectivity index (χ0v) is 11.4. The first-order valence-electron chi connectivity index (χ1n) is 6.66. The minimum atomic E-state index is -1.03. The standard InChI is InChI=1S/C15H14N2O4/c1-8-2-5-10(6-11(8)15(19)20)16-14(18)13-7-12(17-21-13)9-3-4-9/h2,5-7,9H,3-4H2,1H3,(H,16,18)(H,19,20). The first-order chi connectivity index (χ1) is 10.0. The van der Waals surface area contributed by atoms with Gasteiger partial charge in [-0.05, 0) is 37.5 Å². The molecule has 6 heteroatoms. The second kappa shape index (κ2) is 5.05. The highest BCUT2D eigenvalue weighted by molar-refractivity contribution is 6.03. The van der Waals surface area contributed by atoms with Crippen molar-refractivity contribution in [1.29, 1.82) is 0 Å². The van der Waals surface area contributed by atoms with Crippen molar-refractivity contribution in [1.82, 2.24) is 5.16 Å². The van der Waals surface area contributed by atoms with Crippen LogP contribution >= 0.6 is 0 Å². The Balaban J connectivity index is 1.77. The van der Waals surface area contributed by atoms with Crippen molar-refractivity contribution in [2.24, 2.45) is 0 Å². The highest BCUT2D eigenvalue weighted by Gasteiger charge is 2.28. The minimum absolute atomic E-state index is 0.134. The van der Waals surface area contributed by atoms with Crippen molar-refractivity contribution >= 4 is 17.6 Å². The molecule has 1 aromatic carbocycles. The number of nitrogens with one attached hydrogen (secondary N) is 1. The van der Waals surface area contributed by atoms with Gasteiger partial charge in [0.2, 0.25) is 5.76 Å². The maximum Gasteiger partial charge on any atom is 0.336 e. The number of nitrogens with zero attached hydrogens (tertiary/aromatic N) is 1. The van der Waals surface area contributed by atoms with Gasteiger partial charge in [-0.1, -0.05) is 11.2 Å². The molecular formula is C15H14N2O4. The second-order valence-corrected chi connectivity index (χ2v) is 5.18. The van der Waals surface area contributed by atoms with Crippen LogP contribution in [-0.4, -0.2) is 22.1 Å². The van der Waals surface area contributed by atoms with E-state index in [-0.39, 0.29) is 11.3 Å². The van der Waals surface area contributed by atoms with E-state index in [1.807, 2.05) is 0 Å². The zero-order valence-electron chi connectivity index (χ0n) is 11.4. The Bertz CT molecular complexity index is 716. The Morgan fingerprint density at radius 1 is 1.33 bits per heavy atom. The first-order valence-corrected chi connectivity index (χ1v) is 6.66. The van der Waals surface area contributed by atoms with Gasteiger partial charge < -0.3 is 14.9 Å². The monoisotopic (exact) mass is 286 g/mol. The van der Waals surface area contributed by atoms with Crippen LogP contribution in [0.3, 0.4) is 0 Å². The van der Waals surface area contributed by atoms with Gasteiger partial charge in [0, 0.05) is 17.7 Å². The van der Waals surface area contributed by atoms with E-state index in [4.69, 9.17) is 9.63 Å². The Morgan fingerprint density at radius 3 is 2.76 bits per heavy atom. The average Bonchev–Trinajstić information content (AvgIpc) is 3.18. The van der Waals surface area contributed by atoms with Crippen molar-refractivity contribution in [3.8, 4) is 0 Å². The van der Waals surface area contributed by atoms with Crippen LogP contribution in [0.4, 0.5) is 5.69 Å². The molecule has 6 nitrogen and oxygen atoms in total. The maximum absolute atomic E-state index is 12.0. The molecule has 0 spiro atoms. The third kappa shape index (κ3) is 2.79. The maximum atomic E-state index is 12.0. The van der Waals surface area contributed by atoms with Gasteiger partial charge in [0.05, 0.1) is 11.3 Å². The summed E-state index contributed by atoms with van der Waals surface area (Å²) in [5.41, 5.74) is 2.00. The number of carbonyl (C=O) groups excluding carboxylic acids is 1. The summed E-state index contributed by atoms with van der Waals surface area (Å²) in [6, 6.07) is 6.36. The van der Waals surface area contributed by atoms with Crippen LogP contribution < -0.4 is 5.32 Å². The molecule has 1 fully saturated rings. The van der Waals surface area contributed by atoms with Gasteiger partial charge in [0.15, 0.2) is 0 Å². The lowest BCUT2D eigenvalue weighted by Crippen LogP contribution is -2.12. The van der Waals surface area contributed by atoms with Crippen LogP contribution in [0.2, 0.25) is 0 Å². The van der Waals surface area contributed by atoms with Crippen LogP contribution in [0.5, 0.6) is 0 Å². The molecule has 1 heterocycles. The van der Waals surface area contributed by atoms with Crippen LogP contribution in [0.25, 0.3) is 0 Å². The van der Waals surface area contributed by atoms with E-state index < -0.39 is 11.9 Å². The lowest BCUT2D eigenvalue weighted by atomic mass is 10.1. The third-order valence-electron chi connectivity index (χ3n) is 3.47. The molecular weight excluding hydrogens is 272 g/mol. The molecule has 1 amide bonds. The van der Waals surface area contributed by atoms with E-state index in [1.165, 1.54) is 6.07 Å². The van der Waals surface area contributed by atoms with E-state index in [9.17, 15) is 9.59 Å². The average molecular weight is 286 g/mol. The summed E-state index contributed by atoms with van der Waals surface area (Å²) >= 11 is 0. The van der Waals surface area contributed by atoms with E-state index in [0.717, 1.165) is 18.5 Å². The molecule has 108 valence electrons. The number of carboxylic acid groups (broad SMARTS) is 1. The number of hydrogen-bond donors (Lipinski definition) is 2. The van der Waals surface area contributed by atoms with Crippen molar-refractivity contribution in [3.05, 3.63) is 46.8 Å². The molecule has 1 saturated carbocycles. The molecule has 3 rings (SSSR count). The van der Waals surface area contributed by atoms with Crippen molar-refractivity contribution in [2.75, 3.05) is 5.32 Å². The Labute approximate surface area is 120 Å². The zero-order chi connectivity index (χ0) is 15.0. The van der Waals surface area contributed by atoms with Gasteiger partial charge in [-0.25, -0.2) is 4.79 Å². The molecule has 21 heavy (non-hydrogen) atoms. The molecule has 0 aliphatic heterocycles. The third-order valence-corrected chi connectivity index (χ3v) is 3.47. The summed E-state index contributed by atoms with van der Waals surface area (Å²) in [5.74, 6) is -0.920. The molecule has 2 aromatic rings. The molecule has 0 radical (unpaired) electrons. The quantitative estimate of drug-likeness (QED) is 0.901. The van der Waals surface area contributed by atoms with Crippen LogP contribution in [0.15, 0.2) is 28.8 Å². The number of carbonyl (C=O) groups is 2. The fourth-order valence-corrected chi connectivity index (χ4v) is 2.09. The summed E-state index contributed by atoms with van der Waals surface area (Å²) in [7, 11) is 0. The number of amides is 1. The van der Waals surface area contributed by atoms with Gasteiger partial charge in [0.1, 0.15) is 0 Å². The number of carboxylic acids is 1. The minimum Gasteiger partial charge on any atom is -0.478 e. The highest BCUT2D eigenvalue weighted by atomic mass is 16.5. The lowest BCUT2D eigenvalue weighted by Gasteiger charge is -2.06. The largest absolute Gasteiger partial charge is 0.478 e. The molecule has 1 aliphatic carbocycles. The van der Waals surface area contributed by atoms with Crippen molar-refractivity contribution < 1.29 is 19.2 Å². The first kappa shape index (κ1) is 13.4. The molecule has 0 atom stereocenters. The van der Waals surface area contributed by atoms with Gasteiger partial charge in [-0.3, -0.25) is 4.79 Å².